The number of amides is 1. The van der Waals surface area contributed by atoms with Gasteiger partial charge in [0.2, 0.25) is 0 Å². The molecule has 2 aromatic rings. The van der Waals surface area contributed by atoms with Crippen molar-refractivity contribution in [3.63, 3.8) is 0 Å². The van der Waals surface area contributed by atoms with Crippen molar-refractivity contribution in [2.75, 3.05) is 6.54 Å². The first kappa shape index (κ1) is 14.4. The Balaban J connectivity index is 1.89. The van der Waals surface area contributed by atoms with Crippen molar-refractivity contribution in [3.05, 3.63) is 58.1 Å². The van der Waals surface area contributed by atoms with Crippen LogP contribution in [0.15, 0.2) is 30.3 Å². The van der Waals surface area contributed by atoms with Gasteiger partial charge in [-0.1, -0.05) is 17.7 Å². The average molecular weight is 294 g/mol. The van der Waals surface area contributed by atoms with E-state index in [1.165, 1.54) is 24.3 Å². The maximum Gasteiger partial charge on any atom is 0.271 e. The standard InChI is InChI=1S/C14H13ClFN3O/c1-9-8-11(16)3-2-10(9)6-7-17-14(20)12-4-5-13(15)19-18-12/h2-5,8H,6-7H2,1H3,(H,17,20). The second-order valence-corrected chi connectivity index (χ2v) is 4.71. The van der Waals surface area contributed by atoms with Crippen molar-refractivity contribution in [2.24, 2.45) is 0 Å². The molecule has 0 aliphatic rings. The van der Waals surface area contributed by atoms with Crippen LogP contribution in [-0.2, 0) is 6.42 Å². The summed E-state index contributed by atoms with van der Waals surface area (Å²) in [6, 6.07) is 7.62. The van der Waals surface area contributed by atoms with Crippen molar-refractivity contribution >= 4 is 17.5 Å². The van der Waals surface area contributed by atoms with Gasteiger partial charge in [0.1, 0.15) is 5.82 Å². The molecule has 6 heteroatoms. The lowest BCUT2D eigenvalue weighted by atomic mass is 10.1. The highest BCUT2D eigenvalue weighted by Crippen LogP contribution is 2.10. The zero-order chi connectivity index (χ0) is 14.5. The number of carbonyl (C=O) groups is 1. The highest BCUT2D eigenvalue weighted by atomic mass is 35.5. The predicted octanol–water partition coefficient (Wildman–Crippen LogP) is 2.55. The van der Waals surface area contributed by atoms with E-state index in [4.69, 9.17) is 11.6 Å². The largest absolute Gasteiger partial charge is 0.350 e. The van der Waals surface area contributed by atoms with Crippen LogP contribution in [0.3, 0.4) is 0 Å². The highest BCUT2D eigenvalue weighted by molar-refractivity contribution is 6.29. The highest BCUT2D eigenvalue weighted by Gasteiger charge is 2.07. The maximum absolute atomic E-state index is 13.0. The fourth-order valence-corrected chi connectivity index (χ4v) is 1.88. The van der Waals surface area contributed by atoms with E-state index in [1.807, 2.05) is 6.92 Å². The van der Waals surface area contributed by atoms with Crippen LogP contribution in [0.25, 0.3) is 0 Å². The predicted molar refractivity (Wildman–Crippen MR) is 74.2 cm³/mol. The van der Waals surface area contributed by atoms with E-state index in [2.05, 4.69) is 15.5 Å². The van der Waals surface area contributed by atoms with E-state index < -0.39 is 0 Å². The van der Waals surface area contributed by atoms with Crippen LogP contribution >= 0.6 is 11.6 Å². The summed E-state index contributed by atoms with van der Waals surface area (Å²) in [5.74, 6) is -0.569. The Bertz CT molecular complexity index is 616. The van der Waals surface area contributed by atoms with Crippen molar-refractivity contribution in [2.45, 2.75) is 13.3 Å². The van der Waals surface area contributed by atoms with E-state index in [1.54, 1.807) is 6.07 Å². The summed E-state index contributed by atoms with van der Waals surface area (Å²) < 4.78 is 13.0. The van der Waals surface area contributed by atoms with E-state index in [-0.39, 0.29) is 22.6 Å². The average Bonchev–Trinajstić information content (AvgIpc) is 2.42. The van der Waals surface area contributed by atoms with Gasteiger partial charge in [0, 0.05) is 6.54 Å². The molecule has 1 aromatic carbocycles. The lowest BCUT2D eigenvalue weighted by Crippen LogP contribution is -2.26. The number of hydrogen-bond acceptors (Lipinski definition) is 3. The SMILES string of the molecule is Cc1cc(F)ccc1CCNC(=O)c1ccc(Cl)nn1. The Morgan fingerprint density at radius 1 is 1.30 bits per heavy atom. The Labute approximate surface area is 121 Å². The zero-order valence-electron chi connectivity index (χ0n) is 10.9. The number of halogens is 2. The van der Waals surface area contributed by atoms with Crippen LogP contribution in [0.1, 0.15) is 21.6 Å². The molecular formula is C14H13ClFN3O. The molecule has 0 radical (unpaired) electrons. The second-order valence-electron chi connectivity index (χ2n) is 4.32. The van der Waals surface area contributed by atoms with Gasteiger partial charge >= 0.3 is 0 Å². The van der Waals surface area contributed by atoms with E-state index in [0.29, 0.717) is 13.0 Å². The van der Waals surface area contributed by atoms with Gasteiger partial charge in [-0.2, -0.15) is 0 Å². The molecule has 0 bridgehead atoms. The van der Waals surface area contributed by atoms with Crippen molar-refractivity contribution in [3.8, 4) is 0 Å². The lowest BCUT2D eigenvalue weighted by molar-refractivity contribution is 0.0948. The van der Waals surface area contributed by atoms with Gasteiger partial charge < -0.3 is 5.32 Å². The van der Waals surface area contributed by atoms with Crippen molar-refractivity contribution in [1.82, 2.24) is 15.5 Å². The number of rotatable bonds is 4. The molecule has 1 aromatic heterocycles. The zero-order valence-corrected chi connectivity index (χ0v) is 11.6. The van der Waals surface area contributed by atoms with Gasteiger partial charge in [-0.3, -0.25) is 4.79 Å². The topological polar surface area (TPSA) is 54.9 Å². The number of benzene rings is 1. The van der Waals surface area contributed by atoms with E-state index >= 15 is 0 Å². The Morgan fingerprint density at radius 2 is 2.10 bits per heavy atom. The normalized spacial score (nSPS) is 10.3. The first-order chi connectivity index (χ1) is 9.56. The fourth-order valence-electron chi connectivity index (χ4n) is 1.78. The molecule has 0 spiro atoms. The van der Waals surface area contributed by atoms with Gasteiger partial charge in [0.25, 0.3) is 5.91 Å². The fraction of sp³-hybridized carbons (Fsp3) is 0.214. The molecule has 0 atom stereocenters. The Hall–Kier alpha value is -2.01. The maximum atomic E-state index is 13.0. The molecule has 0 saturated carbocycles. The Kier molecular flexibility index (Phi) is 4.63. The molecule has 0 unspecified atom stereocenters. The minimum atomic E-state index is -0.311. The molecule has 0 fully saturated rings. The summed E-state index contributed by atoms with van der Waals surface area (Å²) in [5, 5.41) is 10.3. The number of carbonyl (C=O) groups excluding carboxylic acids is 1. The first-order valence-corrected chi connectivity index (χ1v) is 6.46. The van der Waals surface area contributed by atoms with Crippen LogP contribution in [0.2, 0.25) is 5.15 Å². The third-order valence-electron chi connectivity index (χ3n) is 2.85. The molecule has 4 nitrogen and oxygen atoms in total. The van der Waals surface area contributed by atoms with Gasteiger partial charge in [0.15, 0.2) is 10.8 Å². The Morgan fingerprint density at radius 3 is 2.75 bits per heavy atom. The van der Waals surface area contributed by atoms with Crippen molar-refractivity contribution < 1.29 is 9.18 Å². The second kappa shape index (κ2) is 6.43. The molecule has 2 rings (SSSR count). The summed E-state index contributed by atoms with van der Waals surface area (Å²) in [5.41, 5.74) is 2.07. The first-order valence-electron chi connectivity index (χ1n) is 6.09. The van der Waals surface area contributed by atoms with E-state index in [0.717, 1.165) is 11.1 Å². The van der Waals surface area contributed by atoms with Crippen LogP contribution in [0.4, 0.5) is 4.39 Å². The number of nitrogens with zero attached hydrogens (tertiary/aromatic N) is 2. The van der Waals surface area contributed by atoms with Crippen LogP contribution in [-0.4, -0.2) is 22.6 Å². The summed E-state index contributed by atoms with van der Waals surface area (Å²) in [4.78, 5) is 11.8. The van der Waals surface area contributed by atoms with Gasteiger partial charge in [-0.25, -0.2) is 4.39 Å². The van der Waals surface area contributed by atoms with Gasteiger partial charge in [-0.05, 0) is 48.7 Å². The number of nitrogens with one attached hydrogen (secondary N) is 1. The molecule has 20 heavy (non-hydrogen) atoms. The van der Waals surface area contributed by atoms with Crippen LogP contribution < -0.4 is 5.32 Å². The minimum absolute atomic E-state index is 0.213. The smallest absolute Gasteiger partial charge is 0.271 e. The summed E-state index contributed by atoms with van der Waals surface area (Å²) in [7, 11) is 0. The summed E-state index contributed by atoms with van der Waals surface area (Å²) >= 11 is 5.59. The number of aryl methyl sites for hydroxylation is 1. The van der Waals surface area contributed by atoms with Crippen molar-refractivity contribution in [1.29, 1.82) is 0 Å². The third-order valence-corrected chi connectivity index (χ3v) is 3.05. The lowest BCUT2D eigenvalue weighted by Gasteiger charge is -2.07. The molecular weight excluding hydrogens is 281 g/mol. The minimum Gasteiger partial charge on any atom is -0.350 e. The third kappa shape index (κ3) is 3.74. The van der Waals surface area contributed by atoms with Gasteiger partial charge in [-0.15, -0.1) is 10.2 Å². The molecule has 1 heterocycles. The monoisotopic (exact) mass is 293 g/mol. The molecule has 1 amide bonds. The quantitative estimate of drug-likeness (QED) is 0.942. The summed E-state index contributed by atoms with van der Waals surface area (Å²) in [6.07, 6.45) is 0.624. The van der Waals surface area contributed by atoms with Crippen LogP contribution in [0, 0.1) is 12.7 Å². The summed E-state index contributed by atoms with van der Waals surface area (Å²) in [6.45, 7) is 2.28. The molecule has 0 aliphatic heterocycles. The molecule has 0 aliphatic carbocycles. The van der Waals surface area contributed by atoms with Crippen LogP contribution in [0.5, 0.6) is 0 Å². The number of hydrogen-bond donors (Lipinski definition) is 1. The van der Waals surface area contributed by atoms with Gasteiger partial charge in [0.05, 0.1) is 0 Å². The molecule has 1 N–H and O–H groups in total. The molecule has 0 saturated heterocycles. The van der Waals surface area contributed by atoms with E-state index in [9.17, 15) is 9.18 Å². The molecule has 104 valence electrons. The number of aromatic nitrogens is 2.